The van der Waals surface area contributed by atoms with Crippen LogP contribution in [-0.2, 0) is 14.3 Å². The molecule has 0 aliphatic heterocycles. The smallest absolute Gasteiger partial charge is 0.497 e. The van der Waals surface area contributed by atoms with Crippen LogP contribution < -0.4 is 9.47 Å². The van der Waals surface area contributed by atoms with Crippen LogP contribution >= 0.6 is 0 Å². The Morgan fingerprint density at radius 2 is 1.41 bits per heavy atom. The average molecular weight is 515 g/mol. The highest BCUT2D eigenvalue weighted by Gasteiger charge is 2.12. The van der Waals surface area contributed by atoms with Gasteiger partial charge in [0.15, 0.2) is 0 Å². The first-order chi connectivity index (χ1) is 17.6. The third-order valence-corrected chi connectivity index (χ3v) is 5.92. The van der Waals surface area contributed by atoms with Crippen LogP contribution in [0.1, 0.15) is 85.6 Å². The van der Waals surface area contributed by atoms with Crippen LogP contribution in [0.15, 0.2) is 47.6 Å². The second-order valence-corrected chi connectivity index (χ2v) is 10.1. The van der Waals surface area contributed by atoms with Crippen LogP contribution in [0.3, 0.4) is 0 Å². The molecule has 0 saturated heterocycles. The van der Waals surface area contributed by atoms with Gasteiger partial charge in [0.2, 0.25) is 0 Å². The molecule has 0 bridgehead atoms. The van der Waals surface area contributed by atoms with Crippen molar-refractivity contribution in [2.75, 3.05) is 20.3 Å². The summed E-state index contributed by atoms with van der Waals surface area (Å²) in [6.07, 6.45) is 12.3. The molecule has 2 atom stereocenters. The van der Waals surface area contributed by atoms with E-state index in [-0.39, 0.29) is 12.4 Å². The van der Waals surface area contributed by atoms with E-state index in [1.54, 1.807) is 24.3 Å². The zero-order chi connectivity index (χ0) is 27.6. The molecule has 6 heteroatoms. The van der Waals surface area contributed by atoms with Gasteiger partial charge in [0, 0.05) is 17.7 Å². The summed E-state index contributed by atoms with van der Waals surface area (Å²) in [6, 6.07) is 5.02. The molecule has 0 N–H and O–H groups in total. The van der Waals surface area contributed by atoms with E-state index in [1.165, 1.54) is 24.3 Å². The van der Waals surface area contributed by atoms with E-state index in [4.69, 9.17) is 18.9 Å². The number of hydrogen-bond donors (Lipinski definition) is 0. The van der Waals surface area contributed by atoms with Gasteiger partial charge in [0.25, 0.3) is 0 Å². The van der Waals surface area contributed by atoms with Crippen LogP contribution in [0.4, 0.5) is 4.79 Å². The molecule has 0 aromatic heterocycles. The van der Waals surface area contributed by atoms with Crippen LogP contribution in [0, 0.1) is 11.8 Å². The summed E-state index contributed by atoms with van der Waals surface area (Å²) in [5.74, 6) is 1.24. The maximum atomic E-state index is 12.3. The monoisotopic (exact) mass is 514 g/mol. The normalized spacial score (nSPS) is 12.4. The molecule has 0 saturated carbocycles. The second-order valence-electron chi connectivity index (χ2n) is 10.1. The van der Waals surface area contributed by atoms with Crippen LogP contribution in [0.25, 0.3) is 6.08 Å². The SMILES string of the molecule is COc1ccc(/C=C/C(=O)OCCC(C)CCC=C(C)C)c(OC(=O)OCCC(C)CCC=C(C)C)c1. The van der Waals surface area contributed by atoms with Crippen molar-refractivity contribution < 1.29 is 28.5 Å². The Balaban J connectivity index is 2.57. The largest absolute Gasteiger partial charge is 0.513 e. The first-order valence-corrected chi connectivity index (χ1v) is 13.2. The van der Waals surface area contributed by atoms with Crippen molar-refractivity contribution >= 4 is 18.2 Å². The van der Waals surface area contributed by atoms with Crippen molar-refractivity contribution in [3.63, 3.8) is 0 Å². The number of methoxy groups -OCH3 is 1. The first-order valence-electron chi connectivity index (χ1n) is 13.2. The Kier molecular flexibility index (Phi) is 15.8. The van der Waals surface area contributed by atoms with Gasteiger partial charge in [-0.05, 0) is 96.3 Å². The van der Waals surface area contributed by atoms with Gasteiger partial charge in [-0.25, -0.2) is 9.59 Å². The summed E-state index contributed by atoms with van der Waals surface area (Å²) in [4.78, 5) is 24.5. The topological polar surface area (TPSA) is 71.1 Å². The summed E-state index contributed by atoms with van der Waals surface area (Å²) in [5.41, 5.74) is 3.17. The van der Waals surface area contributed by atoms with E-state index >= 15 is 0 Å². The van der Waals surface area contributed by atoms with Crippen LogP contribution in [0.2, 0.25) is 0 Å². The number of ether oxygens (including phenoxy) is 4. The van der Waals surface area contributed by atoms with E-state index in [1.807, 2.05) is 0 Å². The lowest BCUT2D eigenvalue weighted by atomic mass is 10.0. The number of hydrogen-bond acceptors (Lipinski definition) is 6. The molecular formula is C31H46O6. The van der Waals surface area contributed by atoms with E-state index in [2.05, 4.69) is 53.7 Å². The van der Waals surface area contributed by atoms with Gasteiger partial charge < -0.3 is 18.9 Å². The minimum atomic E-state index is -0.788. The molecule has 0 amide bonds. The highest BCUT2D eigenvalue weighted by molar-refractivity contribution is 5.87. The summed E-state index contributed by atoms with van der Waals surface area (Å²) >= 11 is 0. The molecule has 0 spiro atoms. The van der Waals surface area contributed by atoms with Crippen LogP contribution in [0.5, 0.6) is 11.5 Å². The zero-order valence-electron chi connectivity index (χ0n) is 23.8. The standard InChI is InChI=1S/C31H46O6/c1-23(2)10-8-12-25(5)18-20-35-30(32)17-15-27-14-16-28(34-7)22-29(27)37-31(33)36-21-19-26(6)13-9-11-24(3)4/h10-11,14-17,22,25-26H,8-9,12-13,18-21H2,1-7H3/b17-15+. The maximum absolute atomic E-state index is 12.3. The molecule has 0 radical (unpaired) electrons. The van der Waals surface area contributed by atoms with Crippen molar-refractivity contribution in [3.8, 4) is 11.5 Å². The van der Waals surface area contributed by atoms with Gasteiger partial charge in [0.05, 0.1) is 20.3 Å². The van der Waals surface area contributed by atoms with Crippen molar-refractivity contribution in [2.24, 2.45) is 11.8 Å². The predicted octanol–water partition coefficient (Wildman–Crippen LogP) is 8.31. The fourth-order valence-corrected chi connectivity index (χ4v) is 3.50. The third-order valence-electron chi connectivity index (χ3n) is 5.92. The van der Waals surface area contributed by atoms with Crippen molar-refractivity contribution in [2.45, 2.75) is 80.1 Å². The molecular weight excluding hydrogens is 468 g/mol. The van der Waals surface area contributed by atoms with Gasteiger partial charge in [-0.2, -0.15) is 0 Å². The second kappa shape index (κ2) is 18.3. The molecule has 1 aromatic rings. The first kappa shape index (κ1) is 32.0. The Morgan fingerprint density at radius 1 is 0.838 bits per heavy atom. The molecule has 0 heterocycles. The minimum absolute atomic E-state index is 0.248. The summed E-state index contributed by atoms with van der Waals surface area (Å²) in [5, 5.41) is 0. The number of rotatable bonds is 16. The third kappa shape index (κ3) is 15.6. The van der Waals surface area contributed by atoms with Gasteiger partial charge in [-0.1, -0.05) is 37.1 Å². The van der Waals surface area contributed by atoms with Crippen molar-refractivity contribution in [1.82, 2.24) is 0 Å². The highest BCUT2D eigenvalue weighted by atomic mass is 16.7. The quantitative estimate of drug-likeness (QED) is 0.0956. The van der Waals surface area contributed by atoms with E-state index in [0.29, 0.717) is 29.8 Å². The highest BCUT2D eigenvalue weighted by Crippen LogP contribution is 2.26. The van der Waals surface area contributed by atoms with Gasteiger partial charge in [0.1, 0.15) is 11.5 Å². The molecule has 1 rings (SSSR count). The minimum Gasteiger partial charge on any atom is -0.497 e. The molecule has 0 aliphatic rings. The van der Waals surface area contributed by atoms with Crippen LogP contribution in [-0.4, -0.2) is 32.4 Å². The number of benzene rings is 1. The summed E-state index contributed by atoms with van der Waals surface area (Å²) < 4.78 is 21.3. The zero-order valence-corrected chi connectivity index (χ0v) is 23.8. The average Bonchev–Trinajstić information content (AvgIpc) is 2.82. The number of esters is 1. The van der Waals surface area contributed by atoms with Gasteiger partial charge in [-0.15, -0.1) is 0 Å². The number of carbonyl (C=O) groups is 2. The fourth-order valence-electron chi connectivity index (χ4n) is 3.50. The molecule has 0 fully saturated rings. The Bertz CT molecular complexity index is 920. The van der Waals surface area contributed by atoms with Crippen molar-refractivity contribution in [3.05, 3.63) is 53.1 Å². The molecule has 1 aromatic carbocycles. The Hall–Kier alpha value is -3.02. The summed E-state index contributed by atoms with van der Waals surface area (Å²) in [7, 11) is 1.53. The molecule has 0 aliphatic carbocycles. The lowest BCUT2D eigenvalue weighted by Crippen LogP contribution is -2.13. The molecule has 6 nitrogen and oxygen atoms in total. The maximum Gasteiger partial charge on any atom is 0.513 e. The van der Waals surface area contributed by atoms with E-state index in [9.17, 15) is 9.59 Å². The van der Waals surface area contributed by atoms with Crippen molar-refractivity contribution in [1.29, 1.82) is 0 Å². The molecule has 206 valence electrons. The summed E-state index contributed by atoms with van der Waals surface area (Å²) in [6.45, 7) is 13.3. The Morgan fingerprint density at radius 3 is 1.95 bits per heavy atom. The lowest BCUT2D eigenvalue weighted by molar-refractivity contribution is -0.138. The van der Waals surface area contributed by atoms with Gasteiger partial charge >= 0.3 is 12.1 Å². The molecule has 2 unspecified atom stereocenters. The van der Waals surface area contributed by atoms with Gasteiger partial charge in [-0.3, -0.25) is 0 Å². The lowest BCUT2D eigenvalue weighted by Gasteiger charge is -2.12. The fraction of sp³-hybridized carbons (Fsp3) is 0.548. The number of carbonyl (C=O) groups excluding carboxylic acids is 2. The number of allylic oxidation sites excluding steroid dienone is 4. The predicted molar refractivity (Wildman–Crippen MR) is 150 cm³/mol. The van der Waals surface area contributed by atoms with E-state index in [0.717, 1.165) is 38.5 Å². The Labute approximate surface area is 223 Å². The molecule has 37 heavy (non-hydrogen) atoms. The van der Waals surface area contributed by atoms with E-state index < -0.39 is 12.1 Å².